The summed E-state index contributed by atoms with van der Waals surface area (Å²) in [6, 6.07) is 9.50. The molecule has 0 N–H and O–H groups in total. The van der Waals surface area contributed by atoms with Gasteiger partial charge in [-0.1, -0.05) is 23.8 Å². The van der Waals surface area contributed by atoms with Gasteiger partial charge in [0.05, 0.1) is 0 Å². The lowest BCUT2D eigenvalue weighted by Gasteiger charge is -2.01. The van der Waals surface area contributed by atoms with Gasteiger partial charge in [0.25, 0.3) is 0 Å². The maximum absolute atomic E-state index is 8.73. The van der Waals surface area contributed by atoms with Gasteiger partial charge in [0, 0.05) is 5.56 Å². The van der Waals surface area contributed by atoms with E-state index in [1.807, 2.05) is 37.3 Å². The van der Waals surface area contributed by atoms with Crippen molar-refractivity contribution in [2.24, 2.45) is 0 Å². The third kappa shape index (κ3) is 2.15. The van der Waals surface area contributed by atoms with Crippen LogP contribution in [0.5, 0.6) is 0 Å². The average molecular weight is 231 g/mol. The number of nitrogens with zero attached hydrogens (tertiary/aromatic N) is 4. The van der Waals surface area contributed by atoms with E-state index in [1.165, 1.54) is 0 Å². The lowest BCUT2D eigenvalue weighted by molar-refractivity contribution is 1.02. The molecule has 0 fully saturated rings. The van der Waals surface area contributed by atoms with Crippen molar-refractivity contribution in [3.8, 4) is 17.5 Å². The largest absolute Gasteiger partial charge is 0.237 e. The quantitative estimate of drug-likeness (QED) is 0.755. The second-order valence-corrected chi connectivity index (χ2v) is 3.57. The minimum absolute atomic E-state index is 0.0245. The fraction of sp³-hybridized carbons (Fsp3) is 0.0909. The van der Waals surface area contributed by atoms with Crippen LogP contribution in [0.4, 0.5) is 0 Å². The Balaban J connectivity index is 2.56. The van der Waals surface area contributed by atoms with E-state index >= 15 is 0 Å². The molecule has 0 saturated carbocycles. The van der Waals surface area contributed by atoms with Crippen LogP contribution in [-0.4, -0.2) is 15.0 Å². The van der Waals surface area contributed by atoms with Crippen LogP contribution in [0, 0.1) is 18.3 Å². The summed E-state index contributed by atoms with van der Waals surface area (Å²) in [6.45, 7) is 1.97. The van der Waals surface area contributed by atoms with Crippen molar-refractivity contribution in [1.29, 1.82) is 5.26 Å². The zero-order chi connectivity index (χ0) is 11.5. The molecule has 4 nitrogen and oxygen atoms in total. The van der Waals surface area contributed by atoms with Gasteiger partial charge in [-0.2, -0.15) is 20.2 Å². The SMILES string of the molecule is Cc1cccc(-c2nc(Cl)nc(C#N)n2)c1. The van der Waals surface area contributed by atoms with Crippen molar-refractivity contribution in [3.05, 3.63) is 40.9 Å². The molecule has 16 heavy (non-hydrogen) atoms. The van der Waals surface area contributed by atoms with Gasteiger partial charge in [0.15, 0.2) is 5.82 Å². The van der Waals surface area contributed by atoms with Gasteiger partial charge in [-0.3, -0.25) is 0 Å². The summed E-state index contributed by atoms with van der Waals surface area (Å²) in [6.07, 6.45) is 0. The van der Waals surface area contributed by atoms with Gasteiger partial charge in [-0.05, 0) is 24.6 Å². The van der Waals surface area contributed by atoms with Crippen LogP contribution in [0.3, 0.4) is 0 Å². The Bertz CT molecular complexity index is 574. The average Bonchev–Trinajstić information content (AvgIpc) is 2.28. The van der Waals surface area contributed by atoms with Crippen LogP contribution in [-0.2, 0) is 0 Å². The van der Waals surface area contributed by atoms with E-state index in [0.29, 0.717) is 5.82 Å². The lowest BCUT2D eigenvalue weighted by Crippen LogP contribution is -1.97. The number of aryl methyl sites for hydroxylation is 1. The predicted octanol–water partition coefficient (Wildman–Crippen LogP) is 2.37. The Hall–Kier alpha value is -1.99. The first kappa shape index (κ1) is 10.5. The van der Waals surface area contributed by atoms with Gasteiger partial charge in [0.1, 0.15) is 6.07 Å². The molecule has 1 aromatic carbocycles. The number of hydrogen-bond acceptors (Lipinski definition) is 4. The molecule has 1 aromatic heterocycles. The van der Waals surface area contributed by atoms with E-state index < -0.39 is 0 Å². The van der Waals surface area contributed by atoms with Crippen LogP contribution in [0.25, 0.3) is 11.4 Å². The first-order valence-corrected chi connectivity index (χ1v) is 4.95. The third-order valence-electron chi connectivity index (χ3n) is 1.98. The summed E-state index contributed by atoms with van der Waals surface area (Å²) in [5, 5.41) is 8.76. The van der Waals surface area contributed by atoms with Crippen molar-refractivity contribution in [2.45, 2.75) is 6.92 Å². The predicted molar refractivity (Wildman–Crippen MR) is 59.7 cm³/mol. The summed E-state index contributed by atoms with van der Waals surface area (Å²) in [7, 11) is 0. The molecular formula is C11H7ClN4. The van der Waals surface area contributed by atoms with Crippen LogP contribution in [0.15, 0.2) is 24.3 Å². The molecule has 1 heterocycles. The summed E-state index contributed by atoms with van der Waals surface area (Å²) in [5.41, 5.74) is 1.91. The maximum atomic E-state index is 8.73. The molecule has 0 aliphatic carbocycles. The molecule has 2 rings (SSSR count). The van der Waals surface area contributed by atoms with Crippen LogP contribution in [0.2, 0.25) is 5.28 Å². The molecule has 0 aliphatic rings. The van der Waals surface area contributed by atoms with E-state index in [9.17, 15) is 0 Å². The Labute approximate surface area is 97.6 Å². The van der Waals surface area contributed by atoms with E-state index in [0.717, 1.165) is 11.1 Å². The third-order valence-corrected chi connectivity index (χ3v) is 2.15. The molecule has 78 valence electrons. The Morgan fingerprint density at radius 2 is 2.06 bits per heavy atom. The smallest absolute Gasteiger partial charge is 0.199 e. The summed E-state index contributed by atoms with van der Waals surface area (Å²) in [5.74, 6) is 0.441. The Morgan fingerprint density at radius 3 is 2.75 bits per heavy atom. The lowest BCUT2D eigenvalue weighted by atomic mass is 10.1. The fourth-order valence-electron chi connectivity index (χ4n) is 1.31. The Morgan fingerprint density at radius 1 is 1.25 bits per heavy atom. The van der Waals surface area contributed by atoms with Crippen LogP contribution < -0.4 is 0 Å². The second kappa shape index (κ2) is 4.25. The molecule has 0 unspecified atom stereocenters. The minimum atomic E-state index is 0.0245. The number of hydrogen-bond donors (Lipinski definition) is 0. The van der Waals surface area contributed by atoms with E-state index in [-0.39, 0.29) is 11.1 Å². The van der Waals surface area contributed by atoms with E-state index in [1.54, 1.807) is 0 Å². The second-order valence-electron chi connectivity index (χ2n) is 3.23. The first-order chi connectivity index (χ1) is 7.69. The van der Waals surface area contributed by atoms with Crippen LogP contribution >= 0.6 is 11.6 Å². The number of nitriles is 1. The molecular weight excluding hydrogens is 224 g/mol. The minimum Gasteiger partial charge on any atom is -0.199 e. The van der Waals surface area contributed by atoms with Crippen molar-refractivity contribution >= 4 is 11.6 Å². The molecule has 2 aromatic rings. The summed E-state index contributed by atoms with van der Waals surface area (Å²) in [4.78, 5) is 11.7. The fourth-order valence-corrected chi connectivity index (χ4v) is 1.47. The van der Waals surface area contributed by atoms with Crippen molar-refractivity contribution in [2.75, 3.05) is 0 Å². The van der Waals surface area contributed by atoms with Gasteiger partial charge in [0.2, 0.25) is 11.1 Å². The zero-order valence-electron chi connectivity index (χ0n) is 8.48. The van der Waals surface area contributed by atoms with Crippen molar-refractivity contribution in [3.63, 3.8) is 0 Å². The van der Waals surface area contributed by atoms with Gasteiger partial charge >= 0.3 is 0 Å². The summed E-state index contributed by atoms with van der Waals surface area (Å²) < 4.78 is 0. The molecule has 0 radical (unpaired) electrons. The first-order valence-electron chi connectivity index (χ1n) is 4.58. The van der Waals surface area contributed by atoms with E-state index in [4.69, 9.17) is 16.9 Å². The summed E-state index contributed by atoms with van der Waals surface area (Å²) >= 11 is 5.71. The van der Waals surface area contributed by atoms with Crippen LogP contribution in [0.1, 0.15) is 11.4 Å². The van der Waals surface area contributed by atoms with Gasteiger partial charge in [-0.15, -0.1) is 0 Å². The highest BCUT2D eigenvalue weighted by atomic mass is 35.5. The number of benzene rings is 1. The van der Waals surface area contributed by atoms with Crippen molar-refractivity contribution in [1.82, 2.24) is 15.0 Å². The highest BCUT2D eigenvalue weighted by molar-refractivity contribution is 6.28. The monoisotopic (exact) mass is 230 g/mol. The van der Waals surface area contributed by atoms with E-state index in [2.05, 4.69) is 15.0 Å². The molecule has 0 bridgehead atoms. The number of halogens is 1. The highest BCUT2D eigenvalue weighted by Crippen LogP contribution is 2.17. The maximum Gasteiger partial charge on any atom is 0.237 e. The van der Waals surface area contributed by atoms with Gasteiger partial charge < -0.3 is 0 Å². The molecule has 5 heteroatoms. The molecule has 0 saturated heterocycles. The molecule has 0 spiro atoms. The Kier molecular flexibility index (Phi) is 2.80. The molecule has 0 atom stereocenters. The highest BCUT2D eigenvalue weighted by Gasteiger charge is 2.06. The number of aromatic nitrogens is 3. The molecule has 0 aliphatic heterocycles. The van der Waals surface area contributed by atoms with Crippen molar-refractivity contribution < 1.29 is 0 Å². The zero-order valence-corrected chi connectivity index (χ0v) is 9.23. The normalized spacial score (nSPS) is 9.81. The van der Waals surface area contributed by atoms with Gasteiger partial charge in [-0.25, -0.2) is 0 Å². The molecule has 0 amide bonds. The topological polar surface area (TPSA) is 62.5 Å². The number of rotatable bonds is 1. The standard InChI is InChI=1S/C11H7ClN4/c1-7-3-2-4-8(5-7)10-14-9(6-13)15-11(12)16-10/h2-5H,1H3.